The molecule has 0 aliphatic heterocycles. The molecule has 2 N–H and O–H groups in total. The van der Waals surface area contributed by atoms with Gasteiger partial charge in [-0.25, -0.2) is 0 Å². The SMILES string of the molecule is Cl.NCCC1(Cc2ccccc2)C2CC3CC(C2)CC1C3. The average molecular weight is 306 g/mol. The fraction of sp³-hybridized carbons (Fsp3) is 0.684. The topological polar surface area (TPSA) is 26.0 Å². The lowest BCUT2D eigenvalue weighted by atomic mass is 9.43. The summed E-state index contributed by atoms with van der Waals surface area (Å²) in [5.41, 5.74) is 8.11. The second kappa shape index (κ2) is 5.93. The molecular weight excluding hydrogens is 278 g/mol. The van der Waals surface area contributed by atoms with E-state index < -0.39 is 0 Å². The molecule has 0 amide bonds. The van der Waals surface area contributed by atoms with Crippen LogP contribution in [0, 0.1) is 29.1 Å². The van der Waals surface area contributed by atoms with Crippen LogP contribution in [-0.2, 0) is 6.42 Å². The van der Waals surface area contributed by atoms with Gasteiger partial charge in [0.1, 0.15) is 0 Å². The van der Waals surface area contributed by atoms with Gasteiger partial charge in [0, 0.05) is 0 Å². The molecule has 4 aliphatic carbocycles. The Morgan fingerprint density at radius 3 is 2.00 bits per heavy atom. The lowest BCUT2D eigenvalue weighted by Gasteiger charge is -2.62. The molecular formula is C19H28ClN. The Morgan fingerprint density at radius 1 is 0.905 bits per heavy atom. The summed E-state index contributed by atoms with van der Waals surface area (Å²) in [5, 5.41) is 0. The van der Waals surface area contributed by atoms with E-state index >= 15 is 0 Å². The van der Waals surface area contributed by atoms with Gasteiger partial charge in [-0.3, -0.25) is 0 Å². The molecule has 4 saturated carbocycles. The first-order valence-electron chi connectivity index (χ1n) is 8.54. The molecule has 4 bridgehead atoms. The van der Waals surface area contributed by atoms with Gasteiger partial charge in [0.15, 0.2) is 0 Å². The van der Waals surface area contributed by atoms with Crippen molar-refractivity contribution in [2.24, 2.45) is 34.8 Å². The molecule has 0 spiro atoms. The van der Waals surface area contributed by atoms with E-state index in [1.165, 1.54) is 50.5 Å². The molecule has 116 valence electrons. The van der Waals surface area contributed by atoms with Crippen molar-refractivity contribution < 1.29 is 0 Å². The van der Waals surface area contributed by atoms with E-state index in [-0.39, 0.29) is 12.4 Å². The van der Waals surface area contributed by atoms with E-state index in [0.717, 1.165) is 30.2 Å². The summed E-state index contributed by atoms with van der Waals surface area (Å²) in [6.45, 7) is 0.870. The summed E-state index contributed by atoms with van der Waals surface area (Å²) >= 11 is 0. The van der Waals surface area contributed by atoms with Crippen molar-refractivity contribution in [2.75, 3.05) is 6.54 Å². The number of rotatable bonds is 4. The highest BCUT2D eigenvalue weighted by Gasteiger charge is 2.56. The van der Waals surface area contributed by atoms with Crippen LogP contribution in [-0.4, -0.2) is 6.54 Å². The maximum atomic E-state index is 6.05. The predicted molar refractivity (Wildman–Crippen MR) is 90.5 cm³/mol. The maximum Gasteiger partial charge on any atom is -0.00717 e. The van der Waals surface area contributed by atoms with Gasteiger partial charge in [0.2, 0.25) is 0 Å². The molecule has 2 heteroatoms. The fourth-order valence-electron chi connectivity index (χ4n) is 6.15. The molecule has 21 heavy (non-hydrogen) atoms. The molecule has 0 saturated heterocycles. The van der Waals surface area contributed by atoms with E-state index in [4.69, 9.17) is 5.73 Å². The Bertz CT molecular complexity index is 442. The Balaban J connectivity index is 0.00000132. The third kappa shape index (κ3) is 2.53. The second-order valence-electron chi connectivity index (χ2n) is 7.74. The quantitative estimate of drug-likeness (QED) is 0.874. The van der Waals surface area contributed by atoms with Crippen molar-refractivity contribution in [1.82, 2.24) is 0 Å². The van der Waals surface area contributed by atoms with Crippen LogP contribution in [0.3, 0.4) is 0 Å². The summed E-state index contributed by atoms with van der Waals surface area (Å²) in [4.78, 5) is 0. The van der Waals surface area contributed by atoms with Crippen LogP contribution in [0.4, 0.5) is 0 Å². The third-order valence-electron chi connectivity index (χ3n) is 6.75. The van der Waals surface area contributed by atoms with Crippen LogP contribution in [0.15, 0.2) is 30.3 Å². The van der Waals surface area contributed by atoms with Gasteiger partial charge >= 0.3 is 0 Å². The highest BCUT2D eigenvalue weighted by Crippen LogP contribution is 2.64. The summed E-state index contributed by atoms with van der Waals surface area (Å²) in [5.74, 6) is 4.03. The van der Waals surface area contributed by atoms with Gasteiger partial charge in [-0.1, -0.05) is 30.3 Å². The zero-order valence-corrected chi connectivity index (χ0v) is 13.7. The van der Waals surface area contributed by atoms with Crippen LogP contribution in [0.25, 0.3) is 0 Å². The Kier molecular flexibility index (Phi) is 4.34. The summed E-state index contributed by atoms with van der Waals surface area (Å²) in [6.07, 6.45) is 10.1. The zero-order chi connectivity index (χ0) is 13.6. The first-order chi connectivity index (χ1) is 9.80. The Labute approximate surface area is 135 Å². The largest absolute Gasteiger partial charge is 0.330 e. The monoisotopic (exact) mass is 305 g/mol. The molecule has 0 unspecified atom stereocenters. The van der Waals surface area contributed by atoms with Gasteiger partial charge in [-0.2, -0.15) is 0 Å². The number of nitrogens with two attached hydrogens (primary N) is 1. The minimum absolute atomic E-state index is 0. The Morgan fingerprint density at radius 2 is 1.48 bits per heavy atom. The first-order valence-corrected chi connectivity index (χ1v) is 8.54. The summed E-state index contributed by atoms with van der Waals surface area (Å²) in [7, 11) is 0. The standard InChI is InChI=1S/C19H27N.ClH/c20-7-6-19(13-14-4-2-1-3-5-14)17-9-15-8-16(11-17)12-18(19)10-15;/h1-5,15-18H,6-13,20H2;1H. The van der Waals surface area contributed by atoms with Gasteiger partial charge in [0.25, 0.3) is 0 Å². The lowest BCUT2D eigenvalue weighted by molar-refractivity contribution is -0.112. The van der Waals surface area contributed by atoms with E-state index in [2.05, 4.69) is 30.3 Å². The molecule has 1 aromatic rings. The van der Waals surface area contributed by atoms with Crippen molar-refractivity contribution in [3.05, 3.63) is 35.9 Å². The zero-order valence-electron chi connectivity index (χ0n) is 12.8. The van der Waals surface area contributed by atoms with Crippen LogP contribution in [0.1, 0.15) is 44.1 Å². The number of hydrogen-bond acceptors (Lipinski definition) is 1. The highest BCUT2D eigenvalue weighted by molar-refractivity contribution is 5.85. The molecule has 0 heterocycles. The van der Waals surface area contributed by atoms with Gasteiger partial charge < -0.3 is 5.73 Å². The Hall–Kier alpha value is -0.530. The minimum atomic E-state index is 0. The molecule has 1 nitrogen and oxygen atoms in total. The second-order valence-corrected chi connectivity index (χ2v) is 7.74. The van der Waals surface area contributed by atoms with Gasteiger partial charge in [-0.05, 0) is 86.1 Å². The molecule has 4 fully saturated rings. The number of benzene rings is 1. The normalized spacial score (nSPS) is 40.0. The molecule has 0 aromatic heterocycles. The highest BCUT2D eigenvalue weighted by atomic mass is 35.5. The fourth-order valence-corrected chi connectivity index (χ4v) is 6.15. The maximum absolute atomic E-state index is 6.05. The predicted octanol–water partition coefficient (Wildman–Crippen LogP) is 4.44. The summed E-state index contributed by atoms with van der Waals surface area (Å²) in [6, 6.07) is 11.2. The van der Waals surface area contributed by atoms with Crippen LogP contribution < -0.4 is 5.73 Å². The van der Waals surface area contributed by atoms with Crippen molar-refractivity contribution in [3.8, 4) is 0 Å². The molecule has 1 aromatic carbocycles. The first kappa shape index (κ1) is 15.4. The lowest BCUT2D eigenvalue weighted by Crippen LogP contribution is -2.54. The number of hydrogen-bond donors (Lipinski definition) is 1. The summed E-state index contributed by atoms with van der Waals surface area (Å²) < 4.78 is 0. The van der Waals surface area contributed by atoms with E-state index in [0.29, 0.717) is 5.41 Å². The van der Waals surface area contributed by atoms with Crippen LogP contribution in [0.5, 0.6) is 0 Å². The van der Waals surface area contributed by atoms with Crippen molar-refractivity contribution >= 4 is 12.4 Å². The molecule has 0 radical (unpaired) electrons. The third-order valence-corrected chi connectivity index (χ3v) is 6.75. The van der Waals surface area contributed by atoms with Gasteiger partial charge in [0.05, 0.1) is 0 Å². The van der Waals surface area contributed by atoms with E-state index in [1.807, 2.05) is 0 Å². The van der Waals surface area contributed by atoms with Crippen molar-refractivity contribution in [3.63, 3.8) is 0 Å². The van der Waals surface area contributed by atoms with Crippen LogP contribution >= 0.6 is 12.4 Å². The smallest absolute Gasteiger partial charge is 0.00717 e. The van der Waals surface area contributed by atoms with Gasteiger partial charge in [-0.15, -0.1) is 12.4 Å². The molecule has 5 rings (SSSR count). The average Bonchev–Trinajstić information content (AvgIpc) is 2.45. The minimum Gasteiger partial charge on any atom is -0.330 e. The van der Waals surface area contributed by atoms with Crippen molar-refractivity contribution in [2.45, 2.75) is 44.9 Å². The van der Waals surface area contributed by atoms with E-state index in [9.17, 15) is 0 Å². The molecule has 4 aliphatic rings. The van der Waals surface area contributed by atoms with E-state index in [1.54, 1.807) is 0 Å². The number of halogens is 1. The van der Waals surface area contributed by atoms with Crippen molar-refractivity contribution in [1.29, 1.82) is 0 Å². The van der Waals surface area contributed by atoms with Crippen LogP contribution in [0.2, 0.25) is 0 Å². The molecule has 0 atom stereocenters.